The van der Waals surface area contributed by atoms with E-state index >= 15 is 0 Å². The Balaban J connectivity index is 2.47. The lowest BCUT2D eigenvalue weighted by atomic mass is 10.0. The summed E-state index contributed by atoms with van der Waals surface area (Å²) in [6.45, 7) is 8.72. The number of aliphatic carboxylic acids is 1. The standard InChI is InChI=1S/C10H17NO2/c1-9(2)8(10(9,3)4)11-6-5-7(12)13/h5-6,8,11H,1-4H3,(H,12,13)/b6-5+. The van der Waals surface area contributed by atoms with Crippen LogP contribution in [0.15, 0.2) is 12.3 Å². The van der Waals surface area contributed by atoms with Crippen molar-refractivity contribution in [2.24, 2.45) is 10.8 Å². The van der Waals surface area contributed by atoms with Gasteiger partial charge in [-0.3, -0.25) is 0 Å². The fraction of sp³-hybridized carbons (Fsp3) is 0.700. The average molecular weight is 183 g/mol. The monoisotopic (exact) mass is 183 g/mol. The van der Waals surface area contributed by atoms with Gasteiger partial charge in [-0.1, -0.05) is 27.7 Å². The lowest BCUT2D eigenvalue weighted by Gasteiger charge is -2.02. The molecule has 0 heterocycles. The normalized spacial score (nSPS) is 24.6. The fourth-order valence-corrected chi connectivity index (χ4v) is 1.83. The third-order valence-corrected chi connectivity index (χ3v) is 3.51. The van der Waals surface area contributed by atoms with Crippen LogP contribution < -0.4 is 5.32 Å². The van der Waals surface area contributed by atoms with E-state index in [-0.39, 0.29) is 10.8 Å². The first-order valence-corrected chi connectivity index (χ1v) is 4.45. The highest BCUT2D eigenvalue weighted by Crippen LogP contribution is 2.62. The third kappa shape index (κ3) is 1.55. The highest BCUT2D eigenvalue weighted by Gasteiger charge is 2.64. The summed E-state index contributed by atoms with van der Waals surface area (Å²) >= 11 is 0. The molecule has 0 saturated heterocycles. The lowest BCUT2D eigenvalue weighted by Crippen LogP contribution is -2.15. The second kappa shape index (κ2) is 2.76. The number of rotatable bonds is 3. The zero-order valence-electron chi connectivity index (χ0n) is 8.59. The molecule has 1 aliphatic rings. The summed E-state index contributed by atoms with van der Waals surface area (Å²) in [4.78, 5) is 10.2. The first-order chi connectivity index (χ1) is 5.80. The highest BCUT2D eigenvalue weighted by atomic mass is 16.4. The molecular formula is C10H17NO2. The molecular weight excluding hydrogens is 166 g/mol. The molecule has 1 aliphatic carbocycles. The summed E-state index contributed by atoms with van der Waals surface area (Å²) in [7, 11) is 0. The molecule has 3 heteroatoms. The molecule has 2 N–H and O–H groups in total. The zero-order valence-corrected chi connectivity index (χ0v) is 8.59. The minimum absolute atomic E-state index is 0.246. The molecule has 0 amide bonds. The van der Waals surface area contributed by atoms with Crippen LogP contribution in [0.3, 0.4) is 0 Å². The van der Waals surface area contributed by atoms with Crippen LogP contribution in [0.2, 0.25) is 0 Å². The van der Waals surface area contributed by atoms with Crippen molar-refractivity contribution in [1.82, 2.24) is 5.32 Å². The van der Waals surface area contributed by atoms with Gasteiger partial charge in [-0.2, -0.15) is 0 Å². The van der Waals surface area contributed by atoms with Gasteiger partial charge in [0.25, 0.3) is 0 Å². The van der Waals surface area contributed by atoms with Gasteiger partial charge in [0.15, 0.2) is 0 Å². The van der Waals surface area contributed by atoms with Crippen molar-refractivity contribution in [3.8, 4) is 0 Å². The van der Waals surface area contributed by atoms with Gasteiger partial charge >= 0.3 is 5.97 Å². The van der Waals surface area contributed by atoms with Gasteiger partial charge in [0.05, 0.1) is 0 Å². The van der Waals surface area contributed by atoms with E-state index in [0.717, 1.165) is 6.08 Å². The SMILES string of the molecule is CC1(C)C(N/C=C/C(=O)O)C1(C)C. The number of carbonyl (C=O) groups is 1. The Kier molecular flexibility index (Phi) is 2.14. The number of hydrogen-bond acceptors (Lipinski definition) is 2. The summed E-state index contributed by atoms with van der Waals surface area (Å²) in [5, 5.41) is 11.5. The summed E-state index contributed by atoms with van der Waals surface area (Å²) in [5.74, 6) is -0.913. The molecule has 0 aromatic carbocycles. The van der Waals surface area contributed by atoms with Gasteiger partial charge in [-0.05, 0) is 10.8 Å². The van der Waals surface area contributed by atoms with Gasteiger partial charge in [0, 0.05) is 18.3 Å². The van der Waals surface area contributed by atoms with Crippen LogP contribution in [0.5, 0.6) is 0 Å². The second-order valence-electron chi connectivity index (χ2n) is 4.71. The van der Waals surface area contributed by atoms with Crippen molar-refractivity contribution in [3.05, 3.63) is 12.3 Å². The number of hydrogen-bond donors (Lipinski definition) is 2. The quantitative estimate of drug-likeness (QED) is 0.653. The van der Waals surface area contributed by atoms with E-state index in [1.165, 1.54) is 6.20 Å². The van der Waals surface area contributed by atoms with Crippen LogP contribution >= 0.6 is 0 Å². The molecule has 0 spiro atoms. The summed E-state index contributed by atoms with van der Waals surface area (Å²) in [5.41, 5.74) is 0.492. The Labute approximate surface area is 78.8 Å². The topological polar surface area (TPSA) is 49.3 Å². The molecule has 0 bridgehead atoms. The van der Waals surface area contributed by atoms with Crippen LogP contribution in [0.1, 0.15) is 27.7 Å². The van der Waals surface area contributed by atoms with Crippen molar-refractivity contribution in [3.63, 3.8) is 0 Å². The minimum Gasteiger partial charge on any atom is -0.478 e. The van der Waals surface area contributed by atoms with Crippen LogP contribution in [0, 0.1) is 10.8 Å². The molecule has 1 rings (SSSR count). The predicted molar refractivity (Wildman–Crippen MR) is 51.3 cm³/mol. The Bertz CT molecular complexity index is 240. The maximum atomic E-state index is 10.2. The van der Waals surface area contributed by atoms with Gasteiger partial charge in [-0.15, -0.1) is 0 Å². The predicted octanol–water partition coefficient (Wildman–Crippen LogP) is 1.61. The van der Waals surface area contributed by atoms with E-state index in [2.05, 4.69) is 33.0 Å². The molecule has 0 aliphatic heterocycles. The molecule has 1 saturated carbocycles. The Morgan fingerprint density at radius 1 is 1.31 bits per heavy atom. The van der Waals surface area contributed by atoms with Crippen molar-refractivity contribution in [2.75, 3.05) is 0 Å². The van der Waals surface area contributed by atoms with E-state index < -0.39 is 5.97 Å². The average Bonchev–Trinajstić information content (AvgIpc) is 2.30. The fourth-order valence-electron chi connectivity index (χ4n) is 1.83. The summed E-state index contributed by atoms with van der Waals surface area (Å²) in [6.07, 6.45) is 2.65. The zero-order chi connectivity index (χ0) is 10.3. The molecule has 74 valence electrons. The van der Waals surface area contributed by atoms with Crippen molar-refractivity contribution >= 4 is 5.97 Å². The summed E-state index contributed by atoms with van der Waals surface area (Å²) < 4.78 is 0. The van der Waals surface area contributed by atoms with E-state index in [9.17, 15) is 4.79 Å². The maximum absolute atomic E-state index is 10.2. The van der Waals surface area contributed by atoms with Crippen LogP contribution in [-0.4, -0.2) is 17.1 Å². The third-order valence-electron chi connectivity index (χ3n) is 3.51. The summed E-state index contributed by atoms with van der Waals surface area (Å²) in [6, 6.07) is 0.371. The number of carboxylic acids is 1. The molecule has 0 unspecified atom stereocenters. The molecule has 0 aromatic rings. The lowest BCUT2D eigenvalue weighted by molar-refractivity contribution is -0.131. The first kappa shape index (κ1) is 10.1. The highest BCUT2D eigenvalue weighted by molar-refractivity contribution is 5.79. The van der Waals surface area contributed by atoms with Gasteiger partial charge in [0.1, 0.15) is 0 Å². The maximum Gasteiger partial charge on any atom is 0.329 e. The van der Waals surface area contributed by atoms with Crippen LogP contribution in [0.25, 0.3) is 0 Å². The number of nitrogens with one attached hydrogen (secondary N) is 1. The molecule has 0 atom stereocenters. The van der Waals surface area contributed by atoms with E-state index in [0.29, 0.717) is 6.04 Å². The molecule has 0 aromatic heterocycles. The molecule has 0 radical (unpaired) electrons. The van der Waals surface area contributed by atoms with E-state index in [4.69, 9.17) is 5.11 Å². The van der Waals surface area contributed by atoms with Crippen molar-refractivity contribution < 1.29 is 9.90 Å². The van der Waals surface area contributed by atoms with Crippen LogP contribution in [-0.2, 0) is 4.79 Å². The molecule has 13 heavy (non-hydrogen) atoms. The van der Waals surface area contributed by atoms with Crippen molar-refractivity contribution in [2.45, 2.75) is 33.7 Å². The Hall–Kier alpha value is -0.990. The second-order valence-corrected chi connectivity index (χ2v) is 4.71. The Morgan fingerprint density at radius 2 is 1.77 bits per heavy atom. The van der Waals surface area contributed by atoms with Crippen LogP contribution in [0.4, 0.5) is 0 Å². The van der Waals surface area contributed by atoms with E-state index in [1.807, 2.05) is 0 Å². The minimum atomic E-state index is -0.913. The molecule has 1 fully saturated rings. The first-order valence-electron chi connectivity index (χ1n) is 4.45. The van der Waals surface area contributed by atoms with E-state index in [1.54, 1.807) is 0 Å². The van der Waals surface area contributed by atoms with Crippen molar-refractivity contribution in [1.29, 1.82) is 0 Å². The largest absolute Gasteiger partial charge is 0.478 e. The van der Waals surface area contributed by atoms with Gasteiger partial charge in [0.2, 0.25) is 0 Å². The molecule has 3 nitrogen and oxygen atoms in total. The number of carboxylic acid groups (broad SMARTS) is 1. The smallest absolute Gasteiger partial charge is 0.329 e. The van der Waals surface area contributed by atoms with Gasteiger partial charge in [-0.25, -0.2) is 4.79 Å². The van der Waals surface area contributed by atoms with Gasteiger partial charge < -0.3 is 10.4 Å². The Morgan fingerprint density at radius 3 is 2.08 bits per heavy atom.